The Hall–Kier alpha value is -3.65. The fourth-order valence-corrected chi connectivity index (χ4v) is 3.78. The van der Waals surface area contributed by atoms with Gasteiger partial charge in [-0.3, -0.25) is 19.3 Å². The number of hydrogen-bond donors (Lipinski definition) is 2. The Morgan fingerprint density at radius 3 is 2.41 bits per heavy atom. The van der Waals surface area contributed by atoms with Crippen LogP contribution in [0, 0.1) is 0 Å². The number of carbonyl (C=O) groups is 3. The molecule has 0 bridgehead atoms. The minimum Gasteiger partial charge on any atom is -0.497 e. The van der Waals surface area contributed by atoms with E-state index in [1.165, 1.54) is 4.90 Å². The molecule has 32 heavy (non-hydrogen) atoms. The Bertz CT molecular complexity index is 1160. The van der Waals surface area contributed by atoms with Gasteiger partial charge in [-0.2, -0.15) is 0 Å². The molecular weight excluding hydrogens is 474 g/mol. The normalized spacial score (nSPS) is 14.9. The second-order valence-corrected chi connectivity index (χ2v) is 8.10. The largest absolute Gasteiger partial charge is 0.497 e. The van der Waals surface area contributed by atoms with Gasteiger partial charge in [0.2, 0.25) is 11.8 Å². The van der Waals surface area contributed by atoms with Crippen LogP contribution in [0.3, 0.4) is 0 Å². The summed E-state index contributed by atoms with van der Waals surface area (Å²) in [6.45, 7) is 0. The van der Waals surface area contributed by atoms with Gasteiger partial charge >= 0.3 is 0 Å². The average molecular weight is 494 g/mol. The first-order valence-electron chi connectivity index (χ1n) is 9.89. The summed E-state index contributed by atoms with van der Waals surface area (Å²) in [4.78, 5) is 40.5. The minimum absolute atomic E-state index is 0.196. The molecule has 1 aliphatic heterocycles. The fourth-order valence-electron chi connectivity index (χ4n) is 3.52. The molecule has 3 aromatic carbocycles. The quantitative estimate of drug-likeness (QED) is 0.549. The first kappa shape index (κ1) is 21.6. The number of rotatable bonds is 5. The first-order chi connectivity index (χ1) is 15.5. The van der Waals surface area contributed by atoms with E-state index in [9.17, 15) is 14.4 Å². The van der Waals surface area contributed by atoms with Crippen LogP contribution in [0.2, 0.25) is 0 Å². The highest BCUT2D eigenvalue weighted by Crippen LogP contribution is 2.34. The monoisotopic (exact) mass is 493 g/mol. The lowest BCUT2D eigenvalue weighted by atomic mass is 10.0. The number of ether oxygens (including phenoxy) is 1. The smallest absolute Gasteiger partial charge is 0.259 e. The van der Waals surface area contributed by atoms with E-state index in [-0.39, 0.29) is 18.2 Å². The summed E-state index contributed by atoms with van der Waals surface area (Å²) in [7, 11) is 1.54. The predicted octanol–water partition coefficient (Wildman–Crippen LogP) is 4.45. The SMILES string of the molecule is COc1ccc(C(=O)N2c3ccccc3NC(=O)[C@@H]2CC(=O)Nc2ccc(Br)cc2)cc1. The topological polar surface area (TPSA) is 87.7 Å². The summed E-state index contributed by atoms with van der Waals surface area (Å²) in [5.74, 6) is -0.559. The number of anilines is 3. The Kier molecular flexibility index (Phi) is 6.23. The molecule has 8 heteroatoms. The molecule has 1 atom stereocenters. The molecule has 4 rings (SSSR count). The molecule has 0 fully saturated rings. The van der Waals surface area contributed by atoms with Crippen molar-refractivity contribution in [1.29, 1.82) is 0 Å². The number of methoxy groups -OCH3 is 1. The van der Waals surface area contributed by atoms with Crippen molar-refractivity contribution in [3.63, 3.8) is 0 Å². The third kappa shape index (κ3) is 4.50. The maximum atomic E-state index is 13.5. The average Bonchev–Trinajstić information content (AvgIpc) is 2.80. The third-order valence-corrected chi connectivity index (χ3v) is 5.63. The van der Waals surface area contributed by atoms with Crippen molar-refractivity contribution in [3.8, 4) is 5.75 Å². The lowest BCUT2D eigenvalue weighted by Crippen LogP contribution is -2.52. The molecule has 3 aromatic rings. The van der Waals surface area contributed by atoms with Crippen molar-refractivity contribution in [2.24, 2.45) is 0 Å². The molecule has 0 spiro atoms. The second-order valence-electron chi connectivity index (χ2n) is 7.19. The zero-order valence-corrected chi connectivity index (χ0v) is 18.8. The van der Waals surface area contributed by atoms with Crippen molar-refractivity contribution >= 4 is 50.7 Å². The van der Waals surface area contributed by atoms with Gasteiger partial charge in [-0.15, -0.1) is 0 Å². The number of halogens is 1. The fraction of sp³-hybridized carbons (Fsp3) is 0.125. The maximum Gasteiger partial charge on any atom is 0.259 e. The number of benzene rings is 3. The highest BCUT2D eigenvalue weighted by molar-refractivity contribution is 9.10. The van der Waals surface area contributed by atoms with E-state index in [4.69, 9.17) is 4.74 Å². The Labute approximate surface area is 193 Å². The number of carbonyl (C=O) groups excluding carboxylic acids is 3. The van der Waals surface area contributed by atoms with Crippen LogP contribution in [0.4, 0.5) is 17.1 Å². The summed E-state index contributed by atoms with van der Waals surface area (Å²) in [5, 5.41) is 5.58. The Morgan fingerprint density at radius 1 is 1.03 bits per heavy atom. The number of nitrogens with zero attached hydrogens (tertiary/aromatic N) is 1. The van der Waals surface area contributed by atoms with Gasteiger partial charge in [0.25, 0.3) is 5.91 Å². The van der Waals surface area contributed by atoms with Gasteiger partial charge < -0.3 is 15.4 Å². The van der Waals surface area contributed by atoms with Gasteiger partial charge in [-0.05, 0) is 60.7 Å². The number of para-hydroxylation sites is 2. The zero-order valence-electron chi connectivity index (χ0n) is 17.2. The van der Waals surface area contributed by atoms with Crippen molar-refractivity contribution < 1.29 is 19.1 Å². The molecular formula is C24H20BrN3O4. The summed E-state index contributed by atoms with van der Waals surface area (Å²) >= 11 is 3.35. The van der Waals surface area contributed by atoms with Crippen LogP contribution in [0.15, 0.2) is 77.3 Å². The molecule has 1 heterocycles. The lowest BCUT2D eigenvalue weighted by molar-refractivity contribution is -0.122. The van der Waals surface area contributed by atoms with Gasteiger partial charge in [0, 0.05) is 15.7 Å². The third-order valence-electron chi connectivity index (χ3n) is 5.10. The van der Waals surface area contributed by atoms with E-state index >= 15 is 0 Å². The molecule has 0 saturated carbocycles. The maximum absolute atomic E-state index is 13.5. The van der Waals surface area contributed by atoms with Crippen molar-refractivity contribution in [2.45, 2.75) is 12.5 Å². The summed E-state index contributed by atoms with van der Waals surface area (Å²) in [6, 6.07) is 19.7. The van der Waals surface area contributed by atoms with Gasteiger partial charge in [0.15, 0.2) is 0 Å². The van der Waals surface area contributed by atoms with E-state index < -0.39 is 11.9 Å². The van der Waals surface area contributed by atoms with Gasteiger partial charge in [0.05, 0.1) is 24.9 Å². The molecule has 0 radical (unpaired) electrons. The van der Waals surface area contributed by atoms with E-state index in [0.717, 1.165) is 4.47 Å². The van der Waals surface area contributed by atoms with Crippen LogP contribution < -0.4 is 20.3 Å². The van der Waals surface area contributed by atoms with Crippen molar-refractivity contribution in [2.75, 3.05) is 22.6 Å². The zero-order chi connectivity index (χ0) is 22.7. The van der Waals surface area contributed by atoms with E-state index in [1.54, 1.807) is 79.9 Å². The van der Waals surface area contributed by atoms with Crippen LogP contribution in [0.5, 0.6) is 5.75 Å². The summed E-state index contributed by atoms with van der Waals surface area (Å²) < 4.78 is 6.04. The van der Waals surface area contributed by atoms with Crippen molar-refractivity contribution in [3.05, 3.63) is 82.8 Å². The van der Waals surface area contributed by atoms with Gasteiger partial charge in [-0.25, -0.2) is 0 Å². The van der Waals surface area contributed by atoms with Crippen LogP contribution in [-0.2, 0) is 9.59 Å². The highest BCUT2D eigenvalue weighted by atomic mass is 79.9. The van der Waals surface area contributed by atoms with Gasteiger partial charge in [0.1, 0.15) is 11.8 Å². The minimum atomic E-state index is -1.00. The summed E-state index contributed by atoms with van der Waals surface area (Å²) in [6.07, 6.45) is -0.196. The van der Waals surface area contributed by atoms with Crippen molar-refractivity contribution in [1.82, 2.24) is 0 Å². The molecule has 1 aliphatic rings. The number of hydrogen-bond acceptors (Lipinski definition) is 4. The Balaban J connectivity index is 1.64. The van der Waals surface area contributed by atoms with E-state index in [2.05, 4.69) is 26.6 Å². The van der Waals surface area contributed by atoms with E-state index in [0.29, 0.717) is 28.4 Å². The van der Waals surface area contributed by atoms with Crippen LogP contribution >= 0.6 is 15.9 Å². The number of fused-ring (bicyclic) bond motifs is 1. The van der Waals surface area contributed by atoms with Crippen LogP contribution in [0.25, 0.3) is 0 Å². The van der Waals surface area contributed by atoms with Gasteiger partial charge in [-0.1, -0.05) is 28.1 Å². The predicted molar refractivity (Wildman–Crippen MR) is 126 cm³/mol. The van der Waals surface area contributed by atoms with Crippen LogP contribution in [0.1, 0.15) is 16.8 Å². The molecule has 2 N–H and O–H groups in total. The summed E-state index contributed by atoms with van der Waals surface area (Å²) in [5.41, 5.74) is 2.04. The molecule has 0 aliphatic carbocycles. The second kappa shape index (κ2) is 9.23. The number of nitrogens with one attached hydrogen (secondary N) is 2. The molecule has 0 saturated heterocycles. The molecule has 0 unspecified atom stereocenters. The highest BCUT2D eigenvalue weighted by Gasteiger charge is 2.38. The molecule has 7 nitrogen and oxygen atoms in total. The number of amides is 3. The molecule has 162 valence electrons. The first-order valence-corrected chi connectivity index (χ1v) is 10.7. The van der Waals surface area contributed by atoms with E-state index in [1.807, 2.05) is 0 Å². The standard InChI is InChI=1S/C24H20BrN3O4/c1-32-18-12-6-15(7-13-18)24(31)28-20-5-3-2-4-19(20)27-23(30)21(28)14-22(29)26-17-10-8-16(25)9-11-17/h2-13,21H,14H2,1H3,(H,26,29)(H,27,30)/t21-/m0/s1. The molecule has 0 aromatic heterocycles. The lowest BCUT2D eigenvalue weighted by Gasteiger charge is -2.36. The van der Waals surface area contributed by atoms with Crippen LogP contribution in [-0.4, -0.2) is 30.9 Å². The Morgan fingerprint density at radius 2 is 1.72 bits per heavy atom. The molecule has 3 amide bonds.